The average molecular weight is 1280 g/mol. The zero-order valence-corrected chi connectivity index (χ0v) is 58.4. The highest BCUT2D eigenvalue weighted by Crippen LogP contribution is 2.45. The van der Waals surface area contributed by atoms with E-state index in [4.69, 9.17) is 37.0 Å². The number of phosphoric acid groups is 2. The molecule has 0 aliphatic rings. The Hall–Kier alpha value is -1.94. The number of carbonyl (C=O) groups excluding carboxylic acids is 4. The highest BCUT2D eigenvalue weighted by atomic mass is 31.2. The van der Waals surface area contributed by atoms with E-state index in [1.807, 2.05) is 0 Å². The molecule has 0 aromatic heterocycles. The molecule has 0 fully saturated rings. The Morgan fingerprint density at radius 3 is 0.816 bits per heavy atom. The zero-order chi connectivity index (χ0) is 64.7. The number of esters is 4. The molecule has 0 amide bonds. The number of aliphatic hydroxyl groups is 1. The number of hydrogen-bond donors (Lipinski definition) is 3. The van der Waals surface area contributed by atoms with Gasteiger partial charge in [0, 0.05) is 25.7 Å². The minimum atomic E-state index is -4.95. The average Bonchev–Trinajstić information content (AvgIpc) is 3.62. The Bertz CT molecular complexity index is 1740. The van der Waals surface area contributed by atoms with Gasteiger partial charge in [0.1, 0.15) is 19.3 Å². The third-order valence-corrected chi connectivity index (χ3v) is 18.6. The van der Waals surface area contributed by atoms with Gasteiger partial charge in [-0.25, -0.2) is 9.13 Å². The third kappa shape index (κ3) is 58.9. The van der Waals surface area contributed by atoms with Crippen molar-refractivity contribution in [3.63, 3.8) is 0 Å². The van der Waals surface area contributed by atoms with Crippen LogP contribution in [0.25, 0.3) is 0 Å². The highest BCUT2D eigenvalue weighted by Gasteiger charge is 2.30. The van der Waals surface area contributed by atoms with Crippen molar-refractivity contribution < 1.29 is 80.2 Å². The predicted molar refractivity (Wildman–Crippen MR) is 349 cm³/mol. The van der Waals surface area contributed by atoms with Crippen LogP contribution < -0.4 is 0 Å². The SMILES string of the molecule is CCC(C)CCCCCCCCCCCCC(=O)OC[C@H](COP(=O)(O)OCC(O)COP(=O)(O)OC[C@@H](COC(=O)CCCCCCCCCCC(C)C)OC(=O)CCCCCCCCCCC(C)CC)OC(=O)CCCCCCCCC(C)CC. The lowest BCUT2D eigenvalue weighted by Crippen LogP contribution is -2.30. The van der Waals surface area contributed by atoms with Crippen LogP contribution in [0.1, 0.15) is 331 Å². The molecule has 0 bridgehead atoms. The van der Waals surface area contributed by atoms with Crippen LogP contribution in [0.2, 0.25) is 0 Å². The van der Waals surface area contributed by atoms with Gasteiger partial charge in [-0.05, 0) is 49.4 Å². The van der Waals surface area contributed by atoms with Crippen LogP contribution in [0, 0.1) is 23.7 Å². The van der Waals surface area contributed by atoms with Crippen LogP contribution in [-0.4, -0.2) is 96.7 Å². The highest BCUT2D eigenvalue weighted by molar-refractivity contribution is 7.47. The van der Waals surface area contributed by atoms with Crippen molar-refractivity contribution in [1.82, 2.24) is 0 Å². The number of phosphoric ester groups is 2. The van der Waals surface area contributed by atoms with Crippen molar-refractivity contribution in [2.24, 2.45) is 23.7 Å². The molecule has 0 aliphatic heterocycles. The van der Waals surface area contributed by atoms with Crippen LogP contribution in [-0.2, 0) is 65.4 Å². The van der Waals surface area contributed by atoms with Gasteiger partial charge in [-0.15, -0.1) is 0 Å². The number of unbranched alkanes of at least 4 members (excludes halogenated alkanes) is 28. The lowest BCUT2D eigenvalue weighted by molar-refractivity contribution is -0.161. The molecular weight excluding hydrogens is 1150 g/mol. The third-order valence-electron chi connectivity index (χ3n) is 16.7. The molecule has 0 aromatic carbocycles. The van der Waals surface area contributed by atoms with E-state index in [0.29, 0.717) is 25.7 Å². The van der Waals surface area contributed by atoms with Crippen molar-refractivity contribution >= 4 is 39.5 Å². The molecule has 0 aromatic rings. The summed E-state index contributed by atoms with van der Waals surface area (Å²) in [6.45, 7) is 14.1. The smallest absolute Gasteiger partial charge is 0.462 e. The van der Waals surface area contributed by atoms with Crippen molar-refractivity contribution in [1.29, 1.82) is 0 Å². The number of hydrogen-bond acceptors (Lipinski definition) is 15. The van der Waals surface area contributed by atoms with Crippen LogP contribution in [0.5, 0.6) is 0 Å². The van der Waals surface area contributed by atoms with Gasteiger partial charge in [-0.2, -0.15) is 0 Å². The minimum Gasteiger partial charge on any atom is -0.462 e. The second-order valence-electron chi connectivity index (χ2n) is 25.8. The van der Waals surface area contributed by atoms with Gasteiger partial charge in [0.05, 0.1) is 26.4 Å². The van der Waals surface area contributed by atoms with Gasteiger partial charge >= 0.3 is 39.5 Å². The maximum Gasteiger partial charge on any atom is 0.472 e. The molecule has 0 aliphatic carbocycles. The summed E-state index contributed by atoms with van der Waals surface area (Å²) < 4.78 is 68.2. The molecule has 17 nitrogen and oxygen atoms in total. The topological polar surface area (TPSA) is 237 Å². The summed E-state index contributed by atoms with van der Waals surface area (Å²) >= 11 is 0. The fraction of sp³-hybridized carbons (Fsp3) is 0.941. The van der Waals surface area contributed by atoms with Crippen molar-refractivity contribution in [3.05, 3.63) is 0 Å². The van der Waals surface area contributed by atoms with E-state index in [-0.39, 0.29) is 25.7 Å². The van der Waals surface area contributed by atoms with E-state index >= 15 is 0 Å². The Labute approximate surface area is 530 Å². The molecule has 0 radical (unpaired) electrons. The molecule has 0 spiro atoms. The summed E-state index contributed by atoms with van der Waals surface area (Å²) in [4.78, 5) is 72.4. The first-order valence-corrected chi connectivity index (χ1v) is 38.3. The van der Waals surface area contributed by atoms with E-state index < -0.39 is 97.5 Å². The molecule has 8 atom stereocenters. The zero-order valence-electron chi connectivity index (χ0n) is 56.6. The second-order valence-corrected chi connectivity index (χ2v) is 28.7. The Kier molecular flexibility index (Phi) is 56.6. The number of carbonyl (C=O) groups is 4. The fourth-order valence-corrected chi connectivity index (χ4v) is 11.6. The Morgan fingerprint density at radius 1 is 0.322 bits per heavy atom. The monoisotopic (exact) mass is 1280 g/mol. The van der Waals surface area contributed by atoms with E-state index in [0.717, 1.165) is 114 Å². The summed E-state index contributed by atoms with van der Waals surface area (Å²) in [6, 6.07) is 0. The Morgan fingerprint density at radius 2 is 0.552 bits per heavy atom. The number of ether oxygens (including phenoxy) is 4. The van der Waals surface area contributed by atoms with E-state index in [9.17, 15) is 43.2 Å². The van der Waals surface area contributed by atoms with Gasteiger partial charge in [0.15, 0.2) is 12.2 Å². The van der Waals surface area contributed by atoms with Gasteiger partial charge in [-0.1, -0.05) is 280 Å². The van der Waals surface area contributed by atoms with Crippen LogP contribution in [0.15, 0.2) is 0 Å². The second kappa shape index (κ2) is 57.9. The Balaban J connectivity index is 5.26. The first kappa shape index (κ1) is 85.1. The van der Waals surface area contributed by atoms with Gasteiger partial charge in [-0.3, -0.25) is 37.3 Å². The summed E-state index contributed by atoms with van der Waals surface area (Å²) in [5.74, 6) is 0.889. The van der Waals surface area contributed by atoms with Crippen LogP contribution in [0.4, 0.5) is 0 Å². The van der Waals surface area contributed by atoms with E-state index in [1.165, 1.54) is 135 Å². The summed E-state index contributed by atoms with van der Waals surface area (Å²) in [5.41, 5.74) is 0. The molecule has 19 heteroatoms. The molecule has 3 N–H and O–H groups in total. The summed E-state index contributed by atoms with van der Waals surface area (Å²) in [5, 5.41) is 10.6. The van der Waals surface area contributed by atoms with Gasteiger partial charge < -0.3 is 33.8 Å². The quantitative estimate of drug-likeness (QED) is 0.0222. The maximum absolute atomic E-state index is 13.0. The predicted octanol–water partition coefficient (Wildman–Crippen LogP) is 18.9. The first-order chi connectivity index (χ1) is 41.7. The largest absolute Gasteiger partial charge is 0.472 e. The first-order valence-electron chi connectivity index (χ1n) is 35.3. The lowest BCUT2D eigenvalue weighted by atomic mass is 9.99. The van der Waals surface area contributed by atoms with E-state index in [1.54, 1.807) is 0 Å². The van der Waals surface area contributed by atoms with Gasteiger partial charge in [0.2, 0.25) is 0 Å². The number of aliphatic hydroxyl groups excluding tert-OH is 1. The van der Waals surface area contributed by atoms with Crippen LogP contribution in [0.3, 0.4) is 0 Å². The molecule has 6 unspecified atom stereocenters. The fourth-order valence-electron chi connectivity index (χ4n) is 10.0. The lowest BCUT2D eigenvalue weighted by Gasteiger charge is -2.21. The molecular formula is C68H132O17P2. The molecule has 0 rings (SSSR count). The standard InChI is InChI=1S/C68H132O17P2/c1-9-59(6)45-37-29-21-14-12-13-15-23-32-40-48-65(70)78-55-64(85-68(73)51-43-35-27-26-31-39-47-61(8)11-3)57-83-87(76,77)81-53-62(69)52-80-86(74,75)82-56-63(54-79-66(71)49-41-33-24-18-16-20-28-36-44-58(4)5)84-67(72)50-42-34-25-19-17-22-30-38-46-60(7)10-2/h58-64,69H,9-57H2,1-8H3,(H,74,75)(H,76,77)/t59?,60?,61?,62?,63-,64-/m1/s1. The summed E-state index contributed by atoms with van der Waals surface area (Å²) in [7, 11) is -9.90. The van der Waals surface area contributed by atoms with Gasteiger partial charge in [0.25, 0.3) is 0 Å². The van der Waals surface area contributed by atoms with Crippen molar-refractivity contribution in [3.8, 4) is 0 Å². The van der Waals surface area contributed by atoms with Crippen LogP contribution >= 0.6 is 15.6 Å². The maximum atomic E-state index is 13.0. The normalized spacial score (nSPS) is 15.3. The molecule has 0 saturated heterocycles. The van der Waals surface area contributed by atoms with E-state index in [2.05, 4.69) is 55.4 Å². The van der Waals surface area contributed by atoms with Crippen molar-refractivity contribution in [2.45, 2.75) is 350 Å². The van der Waals surface area contributed by atoms with Crippen molar-refractivity contribution in [2.75, 3.05) is 39.6 Å². The summed E-state index contributed by atoms with van der Waals surface area (Å²) in [6.07, 6.45) is 38.9. The number of rotatable bonds is 65. The molecule has 516 valence electrons. The minimum absolute atomic E-state index is 0.102. The molecule has 87 heavy (non-hydrogen) atoms. The molecule has 0 saturated carbocycles. The molecule has 0 heterocycles.